The van der Waals surface area contributed by atoms with Gasteiger partial charge in [0.25, 0.3) is 5.91 Å². The summed E-state index contributed by atoms with van der Waals surface area (Å²) in [5.74, 6) is -0.297. The molecule has 0 heterocycles. The van der Waals surface area contributed by atoms with Crippen LogP contribution in [0.1, 0.15) is 24.2 Å². The van der Waals surface area contributed by atoms with Crippen LogP contribution in [-0.4, -0.2) is 19.1 Å². The normalized spacial score (nSPS) is 10.6. The van der Waals surface area contributed by atoms with E-state index < -0.39 is 0 Å². The fourth-order valence-electron chi connectivity index (χ4n) is 1.98. The van der Waals surface area contributed by atoms with Gasteiger partial charge in [0.05, 0.1) is 6.61 Å². The molecule has 0 aliphatic heterocycles. The van der Waals surface area contributed by atoms with Crippen LogP contribution in [0.3, 0.4) is 0 Å². The number of hydrogen-bond acceptors (Lipinski definition) is 3. The monoisotopic (exact) mass is 285 g/mol. The molecule has 110 valence electrons. The van der Waals surface area contributed by atoms with E-state index in [2.05, 4.69) is 5.48 Å². The van der Waals surface area contributed by atoms with Gasteiger partial charge in [0.2, 0.25) is 0 Å². The lowest BCUT2D eigenvalue weighted by molar-refractivity contribution is -0.139. The van der Waals surface area contributed by atoms with Crippen LogP contribution < -0.4 is 5.48 Å². The van der Waals surface area contributed by atoms with Crippen molar-refractivity contribution in [1.29, 1.82) is 0 Å². The zero-order chi connectivity index (χ0) is 14.9. The molecule has 0 bridgehead atoms. The Morgan fingerprint density at radius 1 is 1.00 bits per heavy atom. The first-order valence-electron chi connectivity index (χ1n) is 6.93. The lowest BCUT2D eigenvalue weighted by Crippen LogP contribution is -2.28. The molecule has 0 radical (unpaired) electrons. The Morgan fingerprint density at radius 2 is 1.52 bits per heavy atom. The van der Waals surface area contributed by atoms with E-state index in [4.69, 9.17) is 9.57 Å². The SMILES string of the molecule is CCONC(=O)COC(c1ccccc1)c1ccccc1. The summed E-state index contributed by atoms with van der Waals surface area (Å²) in [6.45, 7) is 2.17. The van der Waals surface area contributed by atoms with Gasteiger partial charge in [-0.05, 0) is 18.1 Å². The third-order valence-corrected chi connectivity index (χ3v) is 2.92. The molecular weight excluding hydrogens is 266 g/mol. The Hall–Kier alpha value is -2.17. The van der Waals surface area contributed by atoms with Crippen LogP contribution in [0.5, 0.6) is 0 Å². The number of nitrogens with one attached hydrogen (secondary N) is 1. The second-order valence-electron chi connectivity index (χ2n) is 4.47. The van der Waals surface area contributed by atoms with Crippen LogP contribution in [-0.2, 0) is 14.4 Å². The fourth-order valence-corrected chi connectivity index (χ4v) is 1.98. The molecule has 0 unspecified atom stereocenters. The standard InChI is InChI=1S/C17H19NO3/c1-2-21-18-16(19)13-20-17(14-9-5-3-6-10-14)15-11-7-4-8-12-15/h3-12,17H,2,13H2,1H3,(H,18,19). The number of benzene rings is 2. The molecule has 2 rings (SSSR count). The maximum absolute atomic E-state index is 11.6. The van der Waals surface area contributed by atoms with Crippen molar-refractivity contribution < 1.29 is 14.4 Å². The average Bonchev–Trinajstić information content (AvgIpc) is 2.55. The first-order valence-corrected chi connectivity index (χ1v) is 6.93. The Morgan fingerprint density at radius 3 is 2.00 bits per heavy atom. The van der Waals surface area contributed by atoms with E-state index in [-0.39, 0.29) is 18.6 Å². The van der Waals surface area contributed by atoms with E-state index in [1.165, 1.54) is 0 Å². The molecule has 0 spiro atoms. The number of carbonyl (C=O) groups is 1. The van der Waals surface area contributed by atoms with Crippen molar-refractivity contribution in [3.8, 4) is 0 Å². The molecule has 0 saturated heterocycles. The van der Waals surface area contributed by atoms with Crippen molar-refractivity contribution in [3.05, 3.63) is 71.8 Å². The largest absolute Gasteiger partial charge is 0.359 e. The number of rotatable bonds is 7. The zero-order valence-electron chi connectivity index (χ0n) is 12.0. The molecule has 0 fully saturated rings. The minimum absolute atomic E-state index is 0.0611. The Kier molecular flexibility index (Phi) is 5.94. The van der Waals surface area contributed by atoms with Crippen molar-refractivity contribution in [2.24, 2.45) is 0 Å². The molecule has 2 aromatic rings. The smallest absolute Gasteiger partial charge is 0.269 e. The van der Waals surface area contributed by atoms with E-state index in [0.29, 0.717) is 6.61 Å². The van der Waals surface area contributed by atoms with Crippen molar-refractivity contribution in [1.82, 2.24) is 5.48 Å². The van der Waals surface area contributed by atoms with Gasteiger partial charge in [0.1, 0.15) is 12.7 Å². The first-order chi connectivity index (χ1) is 10.3. The second kappa shape index (κ2) is 8.19. The summed E-state index contributed by atoms with van der Waals surface area (Å²) in [5, 5.41) is 0. The molecule has 0 aromatic heterocycles. The molecule has 0 atom stereocenters. The second-order valence-corrected chi connectivity index (χ2v) is 4.47. The maximum Gasteiger partial charge on any atom is 0.269 e. The molecule has 2 aromatic carbocycles. The first kappa shape index (κ1) is 15.2. The number of hydrogen-bond donors (Lipinski definition) is 1. The summed E-state index contributed by atoms with van der Waals surface area (Å²) >= 11 is 0. The van der Waals surface area contributed by atoms with E-state index in [1.807, 2.05) is 60.7 Å². The van der Waals surface area contributed by atoms with Crippen molar-refractivity contribution in [2.45, 2.75) is 13.0 Å². The molecule has 0 aliphatic rings. The summed E-state index contributed by atoms with van der Waals surface area (Å²) in [5.41, 5.74) is 4.34. The molecule has 21 heavy (non-hydrogen) atoms. The summed E-state index contributed by atoms with van der Waals surface area (Å²) in [6.07, 6.45) is -0.278. The molecule has 1 N–H and O–H groups in total. The molecule has 1 amide bonds. The van der Waals surface area contributed by atoms with Gasteiger partial charge in [0, 0.05) is 0 Å². The van der Waals surface area contributed by atoms with Crippen LogP contribution in [0.4, 0.5) is 0 Å². The molecule has 0 aliphatic carbocycles. The van der Waals surface area contributed by atoms with Gasteiger partial charge in [-0.2, -0.15) is 0 Å². The van der Waals surface area contributed by atoms with Crippen molar-refractivity contribution in [2.75, 3.05) is 13.2 Å². The van der Waals surface area contributed by atoms with Gasteiger partial charge in [-0.3, -0.25) is 9.63 Å². The quantitative estimate of drug-likeness (QED) is 0.796. The third kappa shape index (κ3) is 4.70. The lowest BCUT2D eigenvalue weighted by atomic mass is 10.0. The van der Waals surface area contributed by atoms with Crippen LogP contribution in [0.15, 0.2) is 60.7 Å². The molecule has 4 heteroatoms. The molecule has 0 saturated carbocycles. The number of carbonyl (C=O) groups excluding carboxylic acids is 1. The third-order valence-electron chi connectivity index (χ3n) is 2.92. The Labute approximate surface area is 124 Å². The minimum atomic E-state index is -0.297. The number of ether oxygens (including phenoxy) is 1. The van der Waals surface area contributed by atoms with Gasteiger partial charge in [-0.1, -0.05) is 60.7 Å². The van der Waals surface area contributed by atoms with Crippen molar-refractivity contribution in [3.63, 3.8) is 0 Å². The van der Waals surface area contributed by atoms with Gasteiger partial charge in [-0.15, -0.1) is 0 Å². The van der Waals surface area contributed by atoms with Crippen molar-refractivity contribution >= 4 is 5.91 Å². The topological polar surface area (TPSA) is 47.6 Å². The van der Waals surface area contributed by atoms with E-state index in [0.717, 1.165) is 11.1 Å². The summed E-state index contributed by atoms with van der Waals surface area (Å²) in [7, 11) is 0. The average molecular weight is 285 g/mol. The van der Waals surface area contributed by atoms with Gasteiger partial charge in [-0.25, -0.2) is 5.48 Å². The zero-order valence-corrected chi connectivity index (χ0v) is 12.0. The molecular formula is C17H19NO3. The van der Waals surface area contributed by atoms with E-state index in [9.17, 15) is 4.79 Å². The number of amides is 1. The highest BCUT2D eigenvalue weighted by Gasteiger charge is 2.15. The predicted molar refractivity (Wildman–Crippen MR) is 80.4 cm³/mol. The minimum Gasteiger partial charge on any atom is -0.359 e. The van der Waals surface area contributed by atoms with Gasteiger partial charge >= 0.3 is 0 Å². The van der Waals surface area contributed by atoms with Crippen LogP contribution in [0.25, 0.3) is 0 Å². The van der Waals surface area contributed by atoms with E-state index in [1.54, 1.807) is 6.92 Å². The van der Waals surface area contributed by atoms with Crippen LogP contribution in [0, 0.1) is 0 Å². The maximum atomic E-state index is 11.6. The highest BCUT2D eigenvalue weighted by Crippen LogP contribution is 2.25. The molecule has 4 nitrogen and oxygen atoms in total. The summed E-state index contributed by atoms with van der Waals surface area (Å²) in [4.78, 5) is 16.5. The summed E-state index contributed by atoms with van der Waals surface area (Å²) in [6, 6.07) is 19.7. The van der Waals surface area contributed by atoms with Gasteiger partial charge < -0.3 is 4.74 Å². The van der Waals surface area contributed by atoms with E-state index >= 15 is 0 Å². The number of hydroxylamine groups is 1. The van der Waals surface area contributed by atoms with Gasteiger partial charge in [0.15, 0.2) is 0 Å². The lowest BCUT2D eigenvalue weighted by Gasteiger charge is -2.18. The van der Waals surface area contributed by atoms with Crippen LogP contribution in [0.2, 0.25) is 0 Å². The Bertz CT molecular complexity index is 503. The summed E-state index contributed by atoms with van der Waals surface area (Å²) < 4.78 is 5.78. The highest BCUT2D eigenvalue weighted by molar-refractivity contribution is 5.76. The predicted octanol–water partition coefficient (Wildman–Crippen LogP) is 2.86. The van der Waals surface area contributed by atoms with Crippen LogP contribution >= 0.6 is 0 Å². The Balaban J connectivity index is 2.09. The highest BCUT2D eigenvalue weighted by atomic mass is 16.7. The fraction of sp³-hybridized carbons (Fsp3) is 0.235.